The van der Waals surface area contributed by atoms with Crippen molar-refractivity contribution in [1.29, 1.82) is 0 Å². The van der Waals surface area contributed by atoms with Gasteiger partial charge in [0.2, 0.25) is 0 Å². The zero-order chi connectivity index (χ0) is 21.2. The van der Waals surface area contributed by atoms with Gasteiger partial charge in [-0.05, 0) is 55.0 Å². The van der Waals surface area contributed by atoms with Gasteiger partial charge in [0.15, 0.2) is 5.96 Å². The van der Waals surface area contributed by atoms with Crippen molar-refractivity contribution >= 4 is 5.96 Å². The Bertz CT molecular complexity index is 823. The first-order valence-electron chi connectivity index (χ1n) is 10.7. The number of aryl methyl sites for hydroxylation is 1. The predicted octanol–water partition coefficient (Wildman–Crippen LogP) is 2.99. The topological polar surface area (TPSA) is 75.1 Å². The van der Waals surface area contributed by atoms with Crippen LogP contribution in [0.2, 0.25) is 0 Å². The minimum absolute atomic E-state index is 0.421. The van der Waals surface area contributed by atoms with Gasteiger partial charge in [0.05, 0.1) is 20.2 Å². The van der Waals surface area contributed by atoms with E-state index in [-0.39, 0.29) is 0 Å². The second-order valence-electron chi connectivity index (χ2n) is 7.53. The first-order valence-corrected chi connectivity index (χ1v) is 10.7. The summed E-state index contributed by atoms with van der Waals surface area (Å²) in [4.78, 5) is 4.72. The highest BCUT2D eigenvalue weighted by Gasteiger charge is 2.36. The number of aliphatic imine (C=N–C) groups is 1. The van der Waals surface area contributed by atoms with Gasteiger partial charge in [-0.2, -0.15) is 0 Å². The van der Waals surface area contributed by atoms with E-state index in [1.54, 1.807) is 7.11 Å². The van der Waals surface area contributed by atoms with Gasteiger partial charge in [0.1, 0.15) is 11.4 Å². The van der Waals surface area contributed by atoms with E-state index < -0.39 is 5.60 Å². The first-order chi connectivity index (χ1) is 14.6. The van der Waals surface area contributed by atoms with Crippen LogP contribution in [-0.2, 0) is 23.3 Å². The molecule has 3 rings (SSSR count). The summed E-state index contributed by atoms with van der Waals surface area (Å²) in [6.45, 7) is 5.15. The lowest BCUT2D eigenvalue weighted by atomic mass is 9.96. The summed E-state index contributed by atoms with van der Waals surface area (Å²) in [6.07, 6.45) is 2.51. The van der Waals surface area contributed by atoms with Crippen LogP contribution in [0.3, 0.4) is 0 Å². The van der Waals surface area contributed by atoms with E-state index in [0.717, 1.165) is 49.3 Å². The quantitative estimate of drug-likeness (QED) is 0.318. The van der Waals surface area contributed by atoms with E-state index in [2.05, 4.69) is 16.7 Å². The number of methoxy groups -OCH3 is 1. The van der Waals surface area contributed by atoms with Gasteiger partial charge in [0.25, 0.3) is 0 Å². The zero-order valence-electron chi connectivity index (χ0n) is 18.0. The lowest BCUT2D eigenvalue weighted by Gasteiger charge is -2.25. The molecule has 0 aromatic heterocycles. The molecule has 0 amide bonds. The molecular formula is C24H33N3O3. The van der Waals surface area contributed by atoms with Crippen LogP contribution in [0.4, 0.5) is 0 Å². The van der Waals surface area contributed by atoms with Crippen LogP contribution < -0.4 is 15.4 Å². The lowest BCUT2D eigenvalue weighted by Crippen LogP contribution is -2.45. The predicted molar refractivity (Wildman–Crippen MR) is 120 cm³/mol. The second kappa shape index (κ2) is 11.0. The van der Waals surface area contributed by atoms with Crippen molar-refractivity contribution in [2.24, 2.45) is 4.99 Å². The monoisotopic (exact) mass is 411 g/mol. The first kappa shape index (κ1) is 22.1. The maximum Gasteiger partial charge on any atom is 0.191 e. The van der Waals surface area contributed by atoms with Crippen molar-refractivity contribution in [3.05, 3.63) is 65.2 Å². The number of hydrogen-bond acceptors (Lipinski definition) is 4. The van der Waals surface area contributed by atoms with E-state index in [9.17, 15) is 5.11 Å². The zero-order valence-corrected chi connectivity index (χ0v) is 18.0. The molecule has 30 heavy (non-hydrogen) atoms. The number of fused-ring (bicyclic) bond motifs is 1. The molecule has 0 spiro atoms. The fraction of sp³-hybridized carbons (Fsp3) is 0.458. The lowest BCUT2D eigenvalue weighted by molar-refractivity contribution is 0.0432. The summed E-state index contributed by atoms with van der Waals surface area (Å²) in [5.74, 6) is 1.53. The van der Waals surface area contributed by atoms with E-state index in [0.29, 0.717) is 25.7 Å². The third-order valence-electron chi connectivity index (χ3n) is 5.42. The number of nitrogens with one attached hydrogen (secondary N) is 2. The van der Waals surface area contributed by atoms with Crippen molar-refractivity contribution in [3.63, 3.8) is 0 Å². The van der Waals surface area contributed by atoms with Gasteiger partial charge in [-0.1, -0.05) is 36.4 Å². The van der Waals surface area contributed by atoms with Crippen LogP contribution >= 0.6 is 0 Å². The average Bonchev–Trinajstić information content (AvgIpc) is 3.12. The van der Waals surface area contributed by atoms with Crippen LogP contribution in [0.15, 0.2) is 53.5 Å². The molecule has 0 aliphatic heterocycles. The summed E-state index contributed by atoms with van der Waals surface area (Å²) in [7, 11) is 1.66. The molecule has 0 bridgehead atoms. The third kappa shape index (κ3) is 5.97. The molecule has 2 aromatic rings. The van der Waals surface area contributed by atoms with Crippen molar-refractivity contribution < 1.29 is 14.6 Å². The molecule has 1 atom stereocenters. The average molecular weight is 412 g/mol. The molecule has 1 aliphatic carbocycles. The molecule has 3 N–H and O–H groups in total. The summed E-state index contributed by atoms with van der Waals surface area (Å²) in [6, 6.07) is 16.0. The van der Waals surface area contributed by atoms with Gasteiger partial charge in [0, 0.05) is 19.8 Å². The number of hydrogen-bond donors (Lipinski definition) is 3. The van der Waals surface area contributed by atoms with Gasteiger partial charge in [-0.3, -0.25) is 0 Å². The number of rotatable bonds is 10. The van der Waals surface area contributed by atoms with Gasteiger partial charge in [-0.25, -0.2) is 4.99 Å². The highest BCUT2D eigenvalue weighted by Crippen LogP contribution is 2.36. The Morgan fingerprint density at radius 1 is 1.13 bits per heavy atom. The van der Waals surface area contributed by atoms with E-state index >= 15 is 0 Å². The van der Waals surface area contributed by atoms with Crippen LogP contribution in [0.5, 0.6) is 5.75 Å². The van der Waals surface area contributed by atoms with Crippen LogP contribution in [0.1, 0.15) is 36.5 Å². The number of guanidine groups is 1. The fourth-order valence-corrected chi connectivity index (χ4v) is 3.68. The number of nitrogens with zero attached hydrogens (tertiary/aromatic N) is 1. The smallest absolute Gasteiger partial charge is 0.191 e. The highest BCUT2D eigenvalue weighted by atomic mass is 16.5. The summed E-state index contributed by atoms with van der Waals surface area (Å²) < 4.78 is 10.6. The summed E-state index contributed by atoms with van der Waals surface area (Å²) >= 11 is 0. The molecule has 6 nitrogen and oxygen atoms in total. The standard InChI is InChI=1S/C24H33N3O3/c1-3-30-16-6-15-25-23(26-17-19-9-11-21(29-2)12-10-19)27-18-24(28)14-13-20-7-4-5-8-22(20)24/h4-5,7-12,28H,3,6,13-18H2,1-2H3,(H2,25,26,27). The number of aliphatic hydroxyl groups is 1. The largest absolute Gasteiger partial charge is 0.497 e. The van der Waals surface area contributed by atoms with Crippen LogP contribution in [0.25, 0.3) is 0 Å². The molecule has 2 aromatic carbocycles. The number of benzene rings is 2. The normalized spacial score (nSPS) is 18.2. The Morgan fingerprint density at radius 2 is 1.93 bits per heavy atom. The molecular weight excluding hydrogens is 378 g/mol. The Kier molecular flexibility index (Phi) is 8.11. The SMILES string of the molecule is CCOCCCNC(=NCc1ccc(OC)cc1)NCC1(O)CCc2ccccc21. The second-order valence-corrected chi connectivity index (χ2v) is 7.53. The molecule has 1 aliphatic rings. The molecule has 1 unspecified atom stereocenters. The molecule has 0 saturated carbocycles. The molecule has 162 valence electrons. The van der Waals surface area contributed by atoms with Crippen molar-refractivity contribution in [2.75, 3.05) is 33.4 Å². The van der Waals surface area contributed by atoms with Gasteiger partial charge < -0.3 is 25.2 Å². The fourth-order valence-electron chi connectivity index (χ4n) is 3.68. The Labute approximate surface area is 179 Å². The third-order valence-corrected chi connectivity index (χ3v) is 5.42. The van der Waals surface area contributed by atoms with Crippen molar-refractivity contribution in [1.82, 2.24) is 10.6 Å². The maximum atomic E-state index is 11.2. The molecule has 0 radical (unpaired) electrons. The Balaban J connectivity index is 1.62. The Morgan fingerprint density at radius 3 is 2.70 bits per heavy atom. The van der Waals surface area contributed by atoms with E-state index in [1.165, 1.54) is 5.56 Å². The molecule has 0 saturated heterocycles. The molecule has 0 heterocycles. The van der Waals surface area contributed by atoms with Crippen molar-refractivity contribution in [2.45, 2.75) is 38.3 Å². The Hall–Kier alpha value is -2.57. The molecule has 6 heteroatoms. The van der Waals surface area contributed by atoms with Gasteiger partial charge >= 0.3 is 0 Å². The highest BCUT2D eigenvalue weighted by molar-refractivity contribution is 5.79. The number of ether oxygens (including phenoxy) is 2. The minimum Gasteiger partial charge on any atom is -0.497 e. The molecule has 0 fully saturated rings. The van der Waals surface area contributed by atoms with E-state index in [1.807, 2.05) is 49.4 Å². The maximum absolute atomic E-state index is 11.2. The van der Waals surface area contributed by atoms with Gasteiger partial charge in [-0.15, -0.1) is 0 Å². The van der Waals surface area contributed by atoms with Crippen molar-refractivity contribution in [3.8, 4) is 5.75 Å². The van der Waals surface area contributed by atoms with Crippen LogP contribution in [-0.4, -0.2) is 44.5 Å². The van der Waals surface area contributed by atoms with Crippen LogP contribution in [0, 0.1) is 0 Å². The van der Waals surface area contributed by atoms with E-state index in [4.69, 9.17) is 14.5 Å². The minimum atomic E-state index is -0.871. The summed E-state index contributed by atoms with van der Waals surface area (Å²) in [5.41, 5.74) is 2.47. The summed E-state index contributed by atoms with van der Waals surface area (Å²) in [5, 5.41) is 17.9.